The van der Waals surface area contributed by atoms with E-state index in [-0.39, 0.29) is 17.7 Å². The van der Waals surface area contributed by atoms with Gasteiger partial charge in [-0.15, -0.1) is 0 Å². The first-order valence-electron chi connectivity index (χ1n) is 9.36. The predicted octanol–water partition coefficient (Wildman–Crippen LogP) is 1.43. The standard InChI is InChI=1S/C20H23N5O2/c26-18(16-4-2-15(3-5-16)17-6-7-19(27)23-17)14-24-10-12-25(13-11-24)20-21-8-1-9-22-20/h1-5,8-9,17H,6-7,10-14H2,(H,23,27). The molecule has 1 N–H and O–H groups in total. The molecule has 2 fully saturated rings. The van der Waals surface area contributed by atoms with Crippen LogP contribution < -0.4 is 10.2 Å². The lowest BCUT2D eigenvalue weighted by Gasteiger charge is -2.34. The van der Waals surface area contributed by atoms with Gasteiger partial charge in [-0.05, 0) is 18.1 Å². The Bertz CT molecular complexity index is 801. The van der Waals surface area contributed by atoms with Gasteiger partial charge in [-0.2, -0.15) is 0 Å². The van der Waals surface area contributed by atoms with Crippen molar-refractivity contribution in [2.24, 2.45) is 0 Å². The van der Waals surface area contributed by atoms with Gasteiger partial charge >= 0.3 is 0 Å². The molecule has 7 nitrogen and oxygen atoms in total. The summed E-state index contributed by atoms with van der Waals surface area (Å²) in [5.74, 6) is 0.972. The molecule has 0 aliphatic carbocycles. The highest BCUT2D eigenvalue weighted by Crippen LogP contribution is 2.24. The van der Waals surface area contributed by atoms with Crippen LogP contribution in [0.5, 0.6) is 0 Å². The molecule has 3 heterocycles. The molecule has 1 aromatic carbocycles. The molecule has 4 rings (SSSR count). The van der Waals surface area contributed by atoms with Gasteiger partial charge in [0.1, 0.15) is 0 Å². The largest absolute Gasteiger partial charge is 0.349 e. The Morgan fingerprint density at radius 2 is 1.78 bits per heavy atom. The van der Waals surface area contributed by atoms with Crippen molar-refractivity contribution in [2.45, 2.75) is 18.9 Å². The second-order valence-corrected chi connectivity index (χ2v) is 7.02. The molecule has 2 aromatic rings. The summed E-state index contributed by atoms with van der Waals surface area (Å²) in [5.41, 5.74) is 1.78. The molecular weight excluding hydrogens is 342 g/mol. The van der Waals surface area contributed by atoms with Crippen molar-refractivity contribution >= 4 is 17.6 Å². The van der Waals surface area contributed by atoms with E-state index in [0.717, 1.165) is 49.7 Å². The fourth-order valence-corrected chi connectivity index (χ4v) is 3.62. The number of rotatable bonds is 5. The van der Waals surface area contributed by atoms with Gasteiger partial charge in [0.25, 0.3) is 0 Å². The van der Waals surface area contributed by atoms with E-state index in [1.54, 1.807) is 12.4 Å². The van der Waals surface area contributed by atoms with Crippen LogP contribution in [-0.2, 0) is 4.79 Å². The summed E-state index contributed by atoms with van der Waals surface area (Å²) in [5, 5.41) is 2.96. The van der Waals surface area contributed by atoms with Gasteiger partial charge in [0.2, 0.25) is 11.9 Å². The van der Waals surface area contributed by atoms with Gasteiger partial charge in [0, 0.05) is 50.6 Å². The average Bonchev–Trinajstić information content (AvgIpc) is 3.16. The number of benzene rings is 1. The highest BCUT2D eigenvalue weighted by Gasteiger charge is 2.23. The van der Waals surface area contributed by atoms with Crippen molar-refractivity contribution in [3.8, 4) is 0 Å². The van der Waals surface area contributed by atoms with Crippen LogP contribution in [0.4, 0.5) is 5.95 Å². The van der Waals surface area contributed by atoms with Gasteiger partial charge in [0.05, 0.1) is 12.6 Å². The number of anilines is 1. The van der Waals surface area contributed by atoms with E-state index >= 15 is 0 Å². The third-order valence-electron chi connectivity index (χ3n) is 5.20. The second-order valence-electron chi connectivity index (χ2n) is 7.02. The molecule has 1 aromatic heterocycles. The van der Waals surface area contributed by atoms with Crippen LogP contribution in [0.2, 0.25) is 0 Å². The molecular formula is C20H23N5O2. The van der Waals surface area contributed by atoms with Crippen molar-refractivity contribution in [2.75, 3.05) is 37.6 Å². The summed E-state index contributed by atoms with van der Waals surface area (Å²) >= 11 is 0. The number of carbonyl (C=O) groups is 2. The fraction of sp³-hybridized carbons (Fsp3) is 0.400. The number of hydrogen-bond donors (Lipinski definition) is 1. The van der Waals surface area contributed by atoms with E-state index in [1.807, 2.05) is 30.3 Å². The maximum absolute atomic E-state index is 12.6. The highest BCUT2D eigenvalue weighted by atomic mass is 16.2. The van der Waals surface area contributed by atoms with E-state index in [2.05, 4.69) is 25.1 Å². The van der Waals surface area contributed by atoms with Crippen LogP contribution in [0.3, 0.4) is 0 Å². The maximum Gasteiger partial charge on any atom is 0.225 e. The summed E-state index contributed by atoms with van der Waals surface area (Å²) in [6, 6.07) is 9.54. The number of aromatic nitrogens is 2. The Labute approximate surface area is 158 Å². The van der Waals surface area contributed by atoms with Crippen LogP contribution >= 0.6 is 0 Å². The summed E-state index contributed by atoms with van der Waals surface area (Å²) in [4.78, 5) is 36.8. The number of hydrogen-bond acceptors (Lipinski definition) is 6. The van der Waals surface area contributed by atoms with Crippen molar-refractivity contribution in [1.29, 1.82) is 0 Å². The first-order valence-corrected chi connectivity index (χ1v) is 9.36. The molecule has 1 unspecified atom stereocenters. The van der Waals surface area contributed by atoms with Crippen molar-refractivity contribution in [1.82, 2.24) is 20.2 Å². The maximum atomic E-state index is 12.6. The van der Waals surface area contributed by atoms with Crippen molar-refractivity contribution in [3.05, 3.63) is 53.9 Å². The van der Waals surface area contributed by atoms with Crippen LogP contribution in [-0.4, -0.2) is 59.3 Å². The first kappa shape index (κ1) is 17.6. The monoisotopic (exact) mass is 365 g/mol. The molecule has 140 valence electrons. The van der Waals surface area contributed by atoms with Gasteiger partial charge in [-0.1, -0.05) is 24.3 Å². The van der Waals surface area contributed by atoms with Gasteiger partial charge in [-0.25, -0.2) is 9.97 Å². The zero-order chi connectivity index (χ0) is 18.6. The minimum Gasteiger partial charge on any atom is -0.349 e. The Morgan fingerprint density at radius 1 is 1.07 bits per heavy atom. The molecule has 0 bridgehead atoms. The Hall–Kier alpha value is -2.80. The molecule has 2 aliphatic rings. The molecule has 1 amide bonds. The average molecular weight is 365 g/mol. The zero-order valence-electron chi connectivity index (χ0n) is 15.2. The fourth-order valence-electron chi connectivity index (χ4n) is 3.62. The number of nitrogens with zero attached hydrogens (tertiary/aromatic N) is 4. The lowest BCUT2D eigenvalue weighted by molar-refractivity contribution is -0.119. The van der Waals surface area contributed by atoms with Crippen LogP contribution in [0.1, 0.15) is 34.8 Å². The number of piperazine rings is 1. The minimum absolute atomic E-state index is 0.0786. The van der Waals surface area contributed by atoms with E-state index in [1.165, 1.54) is 0 Å². The lowest BCUT2D eigenvalue weighted by atomic mass is 10.0. The van der Waals surface area contributed by atoms with Crippen LogP contribution in [0, 0.1) is 0 Å². The quantitative estimate of drug-likeness (QED) is 0.808. The number of nitrogens with one attached hydrogen (secondary N) is 1. The molecule has 0 saturated carbocycles. The minimum atomic E-state index is 0.0786. The molecule has 7 heteroatoms. The highest BCUT2D eigenvalue weighted by molar-refractivity contribution is 5.97. The summed E-state index contributed by atoms with van der Waals surface area (Å²) in [7, 11) is 0. The predicted molar refractivity (Wildman–Crippen MR) is 102 cm³/mol. The Balaban J connectivity index is 1.30. The summed E-state index contributed by atoms with van der Waals surface area (Å²) in [6.07, 6.45) is 4.89. The van der Waals surface area contributed by atoms with Gasteiger partial charge in [0.15, 0.2) is 5.78 Å². The molecule has 1 atom stereocenters. The summed E-state index contributed by atoms with van der Waals surface area (Å²) in [6.45, 7) is 3.69. The third kappa shape index (κ3) is 4.14. The normalized spacial score (nSPS) is 20.5. The topological polar surface area (TPSA) is 78.4 Å². The van der Waals surface area contributed by atoms with E-state index in [0.29, 0.717) is 13.0 Å². The van der Waals surface area contributed by atoms with Crippen molar-refractivity contribution < 1.29 is 9.59 Å². The zero-order valence-corrected chi connectivity index (χ0v) is 15.2. The molecule has 0 radical (unpaired) electrons. The number of carbonyl (C=O) groups excluding carboxylic acids is 2. The SMILES string of the molecule is O=C1CCC(c2ccc(C(=O)CN3CCN(c4ncccn4)CC3)cc2)N1. The third-order valence-corrected chi connectivity index (χ3v) is 5.20. The smallest absolute Gasteiger partial charge is 0.225 e. The van der Waals surface area contributed by atoms with Crippen LogP contribution in [0.25, 0.3) is 0 Å². The van der Waals surface area contributed by atoms with Gasteiger partial charge < -0.3 is 10.2 Å². The first-order chi connectivity index (χ1) is 13.2. The van der Waals surface area contributed by atoms with Crippen molar-refractivity contribution in [3.63, 3.8) is 0 Å². The Kier molecular flexibility index (Phi) is 5.11. The molecule has 2 aliphatic heterocycles. The Morgan fingerprint density at radius 3 is 2.41 bits per heavy atom. The summed E-state index contributed by atoms with van der Waals surface area (Å²) < 4.78 is 0. The van der Waals surface area contributed by atoms with Crippen LogP contribution in [0.15, 0.2) is 42.7 Å². The van der Waals surface area contributed by atoms with E-state index in [9.17, 15) is 9.59 Å². The van der Waals surface area contributed by atoms with Gasteiger partial charge in [-0.3, -0.25) is 14.5 Å². The lowest BCUT2D eigenvalue weighted by Crippen LogP contribution is -2.48. The van der Waals surface area contributed by atoms with E-state index < -0.39 is 0 Å². The number of amides is 1. The number of ketones is 1. The number of Topliss-reactive ketones (excluding diaryl/α,β-unsaturated/α-hetero) is 1. The van der Waals surface area contributed by atoms with E-state index in [4.69, 9.17) is 0 Å². The molecule has 27 heavy (non-hydrogen) atoms. The second kappa shape index (κ2) is 7.84. The molecule has 0 spiro atoms. The molecule has 2 saturated heterocycles.